The van der Waals surface area contributed by atoms with Gasteiger partial charge in [0, 0.05) is 18.7 Å². The number of carbonyl (C=O) groups excluding carboxylic acids is 1. The SMILES string of the molecule is CC(=O)Nc1cccc(O[C@@H]2c3ccccc3C[C@H]2N2CCC(CN)CC2)c1. The normalized spacial score (nSPS) is 22.6. The number of rotatable bonds is 5. The smallest absolute Gasteiger partial charge is 0.221 e. The molecule has 5 nitrogen and oxygen atoms in total. The molecule has 1 aliphatic carbocycles. The van der Waals surface area contributed by atoms with Gasteiger partial charge >= 0.3 is 0 Å². The lowest BCUT2D eigenvalue weighted by atomic mass is 9.95. The minimum Gasteiger partial charge on any atom is -0.484 e. The average molecular weight is 380 g/mol. The van der Waals surface area contributed by atoms with Crippen LogP contribution in [-0.4, -0.2) is 36.5 Å². The van der Waals surface area contributed by atoms with Gasteiger partial charge in [-0.2, -0.15) is 0 Å². The highest BCUT2D eigenvalue weighted by Gasteiger charge is 2.39. The van der Waals surface area contributed by atoms with E-state index in [2.05, 4.69) is 34.5 Å². The van der Waals surface area contributed by atoms with Crippen LogP contribution < -0.4 is 15.8 Å². The van der Waals surface area contributed by atoms with Crippen LogP contribution in [0.2, 0.25) is 0 Å². The molecule has 0 spiro atoms. The second kappa shape index (κ2) is 8.33. The van der Waals surface area contributed by atoms with Gasteiger partial charge in [0.05, 0.1) is 6.04 Å². The number of hydrogen-bond donors (Lipinski definition) is 2. The van der Waals surface area contributed by atoms with Crippen molar-refractivity contribution in [3.05, 3.63) is 59.7 Å². The van der Waals surface area contributed by atoms with Crippen molar-refractivity contribution in [1.82, 2.24) is 4.90 Å². The van der Waals surface area contributed by atoms with Crippen LogP contribution in [0.25, 0.3) is 0 Å². The summed E-state index contributed by atoms with van der Waals surface area (Å²) in [6, 6.07) is 16.6. The number of hydrogen-bond acceptors (Lipinski definition) is 4. The molecule has 2 aromatic carbocycles. The standard InChI is InChI=1S/C23H29N3O2/c1-16(27)25-19-6-4-7-20(14-19)28-23-21-8-3-2-5-18(21)13-22(23)26-11-9-17(15-24)10-12-26/h2-8,14,17,22-23H,9-13,15,24H2,1H3,(H,25,27)/t22-,23-/m1/s1. The van der Waals surface area contributed by atoms with E-state index in [1.807, 2.05) is 24.3 Å². The van der Waals surface area contributed by atoms with Crippen molar-refractivity contribution in [3.8, 4) is 5.75 Å². The molecule has 28 heavy (non-hydrogen) atoms. The molecule has 1 amide bonds. The number of likely N-dealkylation sites (tertiary alicyclic amines) is 1. The van der Waals surface area contributed by atoms with Gasteiger partial charge in [-0.3, -0.25) is 9.69 Å². The minimum atomic E-state index is -0.0796. The zero-order valence-corrected chi connectivity index (χ0v) is 16.4. The van der Waals surface area contributed by atoms with Crippen LogP contribution in [0.1, 0.15) is 37.0 Å². The fraction of sp³-hybridized carbons (Fsp3) is 0.435. The number of nitrogens with zero attached hydrogens (tertiary/aromatic N) is 1. The molecule has 148 valence electrons. The Morgan fingerprint density at radius 2 is 1.96 bits per heavy atom. The molecular formula is C23H29N3O2. The summed E-state index contributed by atoms with van der Waals surface area (Å²) in [5.41, 5.74) is 9.28. The van der Waals surface area contributed by atoms with E-state index in [0.29, 0.717) is 12.0 Å². The van der Waals surface area contributed by atoms with Crippen molar-refractivity contribution in [2.24, 2.45) is 11.7 Å². The Morgan fingerprint density at radius 3 is 2.71 bits per heavy atom. The van der Waals surface area contributed by atoms with Gasteiger partial charge in [-0.1, -0.05) is 30.3 Å². The number of anilines is 1. The molecule has 2 aliphatic rings. The summed E-state index contributed by atoms with van der Waals surface area (Å²) in [4.78, 5) is 14.0. The van der Waals surface area contributed by atoms with Crippen LogP contribution in [0.15, 0.2) is 48.5 Å². The van der Waals surface area contributed by atoms with Crippen molar-refractivity contribution < 1.29 is 9.53 Å². The molecule has 0 radical (unpaired) electrons. The highest BCUT2D eigenvalue weighted by molar-refractivity contribution is 5.88. The Labute approximate surface area is 166 Å². The molecule has 0 saturated carbocycles. The van der Waals surface area contributed by atoms with Gasteiger partial charge in [0.2, 0.25) is 5.91 Å². The van der Waals surface area contributed by atoms with Gasteiger partial charge in [0.25, 0.3) is 0 Å². The minimum absolute atomic E-state index is 0.00166. The van der Waals surface area contributed by atoms with E-state index >= 15 is 0 Å². The third-order valence-corrected chi connectivity index (χ3v) is 6.01. The lowest BCUT2D eigenvalue weighted by Gasteiger charge is -2.38. The summed E-state index contributed by atoms with van der Waals surface area (Å²) in [5.74, 6) is 1.35. The van der Waals surface area contributed by atoms with Crippen molar-refractivity contribution >= 4 is 11.6 Å². The fourth-order valence-corrected chi connectivity index (χ4v) is 4.52. The number of piperidine rings is 1. The molecule has 5 heteroatoms. The Morgan fingerprint density at radius 1 is 1.18 bits per heavy atom. The van der Waals surface area contributed by atoms with E-state index in [4.69, 9.17) is 10.5 Å². The zero-order valence-electron chi connectivity index (χ0n) is 16.4. The van der Waals surface area contributed by atoms with Gasteiger partial charge < -0.3 is 15.8 Å². The first kappa shape index (κ1) is 19.0. The summed E-state index contributed by atoms with van der Waals surface area (Å²) >= 11 is 0. The second-order valence-corrected chi connectivity index (χ2v) is 7.93. The van der Waals surface area contributed by atoms with Crippen LogP contribution in [-0.2, 0) is 11.2 Å². The first-order valence-corrected chi connectivity index (χ1v) is 10.2. The summed E-state index contributed by atoms with van der Waals surface area (Å²) in [7, 11) is 0. The predicted molar refractivity (Wildman–Crippen MR) is 111 cm³/mol. The van der Waals surface area contributed by atoms with Crippen molar-refractivity contribution in [2.45, 2.75) is 38.3 Å². The lowest BCUT2D eigenvalue weighted by Crippen LogP contribution is -2.45. The monoisotopic (exact) mass is 379 g/mol. The van der Waals surface area contributed by atoms with E-state index in [1.54, 1.807) is 0 Å². The highest BCUT2D eigenvalue weighted by Crippen LogP contribution is 2.39. The number of amides is 1. The second-order valence-electron chi connectivity index (χ2n) is 7.93. The number of nitrogens with two attached hydrogens (primary N) is 1. The highest BCUT2D eigenvalue weighted by atomic mass is 16.5. The maximum absolute atomic E-state index is 11.4. The molecular weight excluding hydrogens is 350 g/mol. The predicted octanol–water partition coefficient (Wildman–Crippen LogP) is 3.36. The number of fused-ring (bicyclic) bond motifs is 1. The van der Waals surface area contributed by atoms with E-state index in [0.717, 1.165) is 50.3 Å². The molecule has 3 N–H and O–H groups in total. The molecule has 1 fully saturated rings. The van der Waals surface area contributed by atoms with Crippen LogP contribution in [0.3, 0.4) is 0 Å². The first-order chi connectivity index (χ1) is 13.6. The van der Waals surface area contributed by atoms with Gasteiger partial charge in [-0.05, 0) is 68.1 Å². The molecule has 0 unspecified atom stereocenters. The third-order valence-electron chi connectivity index (χ3n) is 6.01. The van der Waals surface area contributed by atoms with Gasteiger partial charge in [-0.15, -0.1) is 0 Å². The summed E-state index contributed by atoms with van der Waals surface area (Å²) in [6.45, 7) is 4.45. The maximum atomic E-state index is 11.4. The van der Waals surface area contributed by atoms with Gasteiger partial charge in [0.1, 0.15) is 11.9 Å². The average Bonchev–Trinajstić information content (AvgIpc) is 3.06. The maximum Gasteiger partial charge on any atom is 0.221 e. The van der Waals surface area contributed by atoms with Crippen molar-refractivity contribution in [3.63, 3.8) is 0 Å². The zero-order chi connectivity index (χ0) is 19.5. The summed E-state index contributed by atoms with van der Waals surface area (Å²) in [5, 5.41) is 2.83. The van der Waals surface area contributed by atoms with Crippen LogP contribution in [0.4, 0.5) is 5.69 Å². The Hall–Kier alpha value is -2.37. The molecule has 1 heterocycles. The Bertz CT molecular complexity index is 830. The molecule has 1 saturated heterocycles. The topological polar surface area (TPSA) is 67.6 Å². The quantitative estimate of drug-likeness (QED) is 0.836. The summed E-state index contributed by atoms with van der Waals surface area (Å²) in [6.07, 6.45) is 3.33. The largest absolute Gasteiger partial charge is 0.484 e. The molecule has 0 aromatic heterocycles. The number of benzene rings is 2. The van der Waals surface area contributed by atoms with Gasteiger partial charge in [0.15, 0.2) is 0 Å². The van der Waals surface area contributed by atoms with Crippen LogP contribution in [0, 0.1) is 5.92 Å². The van der Waals surface area contributed by atoms with E-state index in [1.165, 1.54) is 18.1 Å². The third kappa shape index (κ3) is 4.05. The van der Waals surface area contributed by atoms with Crippen LogP contribution in [0.5, 0.6) is 5.75 Å². The molecule has 1 aliphatic heterocycles. The number of carbonyl (C=O) groups is 1. The molecule has 4 rings (SSSR count). The van der Waals surface area contributed by atoms with Crippen molar-refractivity contribution in [2.75, 3.05) is 25.0 Å². The Balaban J connectivity index is 1.56. The van der Waals surface area contributed by atoms with Crippen LogP contribution >= 0.6 is 0 Å². The molecule has 0 bridgehead atoms. The van der Waals surface area contributed by atoms with Gasteiger partial charge in [-0.25, -0.2) is 0 Å². The van der Waals surface area contributed by atoms with E-state index in [-0.39, 0.29) is 12.0 Å². The Kier molecular flexibility index (Phi) is 5.64. The van der Waals surface area contributed by atoms with E-state index < -0.39 is 0 Å². The lowest BCUT2D eigenvalue weighted by molar-refractivity contribution is -0.114. The fourth-order valence-electron chi connectivity index (χ4n) is 4.52. The first-order valence-electron chi connectivity index (χ1n) is 10.2. The number of ether oxygens (including phenoxy) is 1. The molecule has 2 atom stereocenters. The summed E-state index contributed by atoms with van der Waals surface area (Å²) < 4.78 is 6.53. The number of nitrogens with one attached hydrogen (secondary N) is 1. The van der Waals surface area contributed by atoms with Crippen molar-refractivity contribution in [1.29, 1.82) is 0 Å². The molecule has 2 aromatic rings. The van der Waals surface area contributed by atoms with E-state index in [9.17, 15) is 4.79 Å².